The third-order valence-electron chi connectivity index (χ3n) is 3.02. The highest BCUT2D eigenvalue weighted by molar-refractivity contribution is 5.95. The van der Waals surface area contributed by atoms with Crippen LogP contribution in [0.1, 0.15) is 28.5 Å². The smallest absolute Gasteiger partial charge is 0.251 e. The number of anilines is 1. The van der Waals surface area contributed by atoms with Gasteiger partial charge >= 0.3 is 0 Å². The van der Waals surface area contributed by atoms with E-state index >= 15 is 0 Å². The van der Waals surface area contributed by atoms with Crippen molar-refractivity contribution in [3.05, 3.63) is 59.4 Å². The summed E-state index contributed by atoms with van der Waals surface area (Å²) in [6, 6.07) is 11.5. The molecule has 2 N–H and O–H groups in total. The first kappa shape index (κ1) is 14.1. The fourth-order valence-corrected chi connectivity index (χ4v) is 1.90. The molecule has 1 aromatic heterocycles. The lowest BCUT2D eigenvalue weighted by Gasteiger charge is -2.11. The van der Waals surface area contributed by atoms with Gasteiger partial charge in [-0.2, -0.15) is 0 Å². The number of hydrogen-bond donors (Lipinski definition) is 2. The van der Waals surface area contributed by atoms with Crippen molar-refractivity contribution >= 4 is 11.6 Å². The molecule has 0 atom stereocenters. The normalized spacial score (nSPS) is 10.1. The number of rotatable bonds is 5. The molecule has 1 amide bonds. The van der Waals surface area contributed by atoms with E-state index in [1.165, 1.54) is 0 Å². The molecule has 4 nitrogen and oxygen atoms in total. The first-order chi connectivity index (χ1) is 9.70. The number of aryl methyl sites for hydroxylation is 1. The summed E-state index contributed by atoms with van der Waals surface area (Å²) in [4.78, 5) is 16.1. The van der Waals surface area contributed by atoms with Crippen LogP contribution < -0.4 is 10.6 Å². The Hall–Kier alpha value is -2.36. The Labute approximate surface area is 119 Å². The van der Waals surface area contributed by atoms with Gasteiger partial charge in [-0.15, -0.1) is 0 Å². The first-order valence-electron chi connectivity index (χ1n) is 6.73. The summed E-state index contributed by atoms with van der Waals surface area (Å²) >= 11 is 0. The minimum Gasteiger partial charge on any atom is -0.379 e. The van der Waals surface area contributed by atoms with Gasteiger partial charge in [-0.25, -0.2) is 0 Å². The molecule has 0 aliphatic rings. The number of pyridine rings is 1. The van der Waals surface area contributed by atoms with E-state index in [1.807, 2.05) is 50.2 Å². The molecule has 0 spiro atoms. The molecule has 0 radical (unpaired) electrons. The van der Waals surface area contributed by atoms with E-state index in [9.17, 15) is 4.79 Å². The molecule has 2 aromatic rings. The van der Waals surface area contributed by atoms with Gasteiger partial charge in [0, 0.05) is 24.0 Å². The van der Waals surface area contributed by atoms with Gasteiger partial charge in [0.05, 0.1) is 12.2 Å². The molecular weight excluding hydrogens is 250 g/mol. The third kappa shape index (κ3) is 3.57. The summed E-state index contributed by atoms with van der Waals surface area (Å²) < 4.78 is 0. The van der Waals surface area contributed by atoms with Crippen LogP contribution in [-0.4, -0.2) is 17.4 Å². The molecule has 0 aliphatic carbocycles. The second-order valence-electron chi connectivity index (χ2n) is 4.56. The predicted octanol–water partition coefficient (Wildman–Crippen LogP) is 2.75. The van der Waals surface area contributed by atoms with Crippen LogP contribution >= 0.6 is 0 Å². The zero-order valence-electron chi connectivity index (χ0n) is 11.8. The SMILES string of the molecule is CCNC(=O)c1ccc(C)c(NCc2ccccn2)c1. The molecule has 0 aliphatic heterocycles. The van der Waals surface area contributed by atoms with Crippen LogP contribution in [0.15, 0.2) is 42.6 Å². The monoisotopic (exact) mass is 269 g/mol. The van der Waals surface area contributed by atoms with Crippen molar-refractivity contribution < 1.29 is 4.79 Å². The fourth-order valence-electron chi connectivity index (χ4n) is 1.90. The Morgan fingerprint density at radius 3 is 2.80 bits per heavy atom. The lowest BCUT2D eigenvalue weighted by molar-refractivity contribution is 0.0956. The number of benzene rings is 1. The highest BCUT2D eigenvalue weighted by Crippen LogP contribution is 2.17. The maximum Gasteiger partial charge on any atom is 0.251 e. The summed E-state index contributed by atoms with van der Waals surface area (Å²) in [5.74, 6) is -0.0478. The summed E-state index contributed by atoms with van der Waals surface area (Å²) in [5.41, 5.74) is 3.70. The van der Waals surface area contributed by atoms with E-state index in [0.29, 0.717) is 18.7 Å². The van der Waals surface area contributed by atoms with Crippen LogP contribution in [0.5, 0.6) is 0 Å². The van der Waals surface area contributed by atoms with Crippen LogP contribution in [-0.2, 0) is 6.54 Å². The van der Waals surface area contributed by atoms with Gasteiger partial charge in [0.2, 0.25) is 0 Å². The molecule has 104 valence electrons. The van der Waals surface area contributed by atoms with E-state index in [2.05, 4.69) is 15.6 Å². The second kappa shape index (κ2) is 6.70. The van der Waals surface area contributed by atoms with Crippen molar-refractivity contribution in [3.63, 3.8) is 0 Å². The van der Waals surface area contributed by atoms with Crippen molar-refractivity contribution in [2.24, 2.45) is 0 Å². The minimum absolute atomic E-state index is 0.0478. The molecule has 0 unspecified atom stereocenters. The largest absolute Gasteiger partial charge is 0.379 e. The van der Waals surface area contributed by atoms with Gasteiger partial charge in [0.15, 0.2) is 0 Å². The maximum absolute atomic E-state index is 11.8. The zero-order chi connectivity index (χ0) is 14.4. The topological polar surface area (TPSA) is 54.0 Å². The Kier molecular flexibility index (Phi) is 4.71. The number of carbonyl (C=O) groups is 1. The standard InChI is InChI=1S/C16H19N3O/c1-3-17-16(20)13-8-7-12(2)15(10-13)19-11-14-6-4-5-9-18-14/h4-10,19H,3,11H2,1-2H3,(H,17,20). The molecule has 1 aromatic carbocycles. The Morgan fingerprint density at radius 2 is 2.10 bits per heavy atom. The van der Waals surface area contributed by atoms with Crippen molar-refractivity contribution in [1.82, 2.24) is 10.3 Å². The molecule has 1 heterocycles. The molecule has 0 saturated heterocycles. The van der Waals surface area contributed by atoms with Crippen molar-refractivity contribution in [2.75, 3.05) is 11.9 Å². The Balaban J connectivity index is 2.10. The van der Waals surface area contributed by atoms with Crippen LogP contribution in [0.25, 0.3) is 0 Å². The van der Waals surface area contributed by atoms with Crippen LogP contribution in [0, 0.1) is 6.92 Å². The molecule has 0 fully saturated rings. The quantitative estimate of drug-likeness (QED) is 0.877. The van der Waals surface area contributed by atoms with E-state index in [1.54, 1.807) is 6.20 Å². The summed E-state index contributed by atoms with van der Waals surface area (Å²) in [7, 11) is 0. The van der Waals surface area contributed by atoms with Crippen LogP contribution in [0.3, 0.4) is 0 Å². The van der Waals surface area contributed by atoms with E-state index in [-0.39, 0.29) is 5.91 Å². The number of aromatic nitrogens is 1. The van der Waals surface area contributed by atoms with Gasteiger partial charge in [0.25, 0.3) is 5.91 Å². The van der Waals surface area contributed by atoms with Gasteiger partial charge < -0.3 is 10.6 Å². The summed E-state index contributed by atoms with van der Waals surface area (Å²) in [6.45, 7) is 5.19. The maximum atomic E-state index is 11.8. The van der Waals surface area contributed by atoms with E-state index in [0.717, 1.165) is 16.9 Å². The minimum atomic E-state index is -0.0478. The Bertz CT molecular complexity index is 582. The number of amides is 1. The molecule has 2 rings (SSSR count). The number of nitrogens with one attached hydrogen (secondary N) is 2. The van der Waals surface area contributed by atoms with Gasteiger partial charge in [-0.1, -0.05) is 12.1 Å². The molecule has 0 bridgehead atoms. The molecule has 4 heteroatoms. The van der Waals surface area contributed by atoms with Gasteiger partial charge in [-0.3, -0.25) is 9.78 Å². The molecule has 20 heavy (non-hydrogen) atoms. The summed E-state index contributed by atoms with van der Waals surface area (Å²) in [5, 5.41) is 6.13. The number of carbonyl (C=O) groups excluding carboxylic acids is 1. The average molecular weight is 269 g/mol. The Morgan fingerprint density at radius 1 is 1.25 bits per heavy atom. The average Bonchev–Trinajstić information content (AvgIpc) is 2.47. The fraction of sp³-hybridized carbons (Fsp3) is 0.250. The lowest BCUT2D eigenvalue weighted by Crippen LogP contribution is -2.22. The molecular formula is C16H19N3O. The van der Waals surface area contributed by atoms with Gasteiger partial charge in [-0.05, 0) is 43.7 Å². The third-order valence-corrected chi connectivity index (χ3v) is 3.02. The zero-order valence-corrected chi connectivity index (χ0v) is 11.8. The predicted molar refractivity (Wildman–Crippen MR) is 80.7 cm³/mol. The highest BCUT2D eigenvalue weighted by atomic mass is 16.1. The van der Waals surface area contributed by atoms with Crippen LogP contribution in [0.2, 0.25) is 0 Å². The summed E-state index contributed by atoms with van der Waals surface area (Å²) in [6.07, 6.45) is 1.77. The second-order valence-corrected chi connectivity index (χ2v) is 4.56. The number of hydrogen-bond acceptors (Lipinski definition) is 3. The number of nitrogens with zero attached hydrogens (tertiary/aromatic N) is 1. The van der Waals surface area contributed by atoms with Crippen molar-refractivity contribution in [1.29, 1.82) is 0 Å². The van der Waals surface area contributed by atoms with Crippen LogP contribution in [0.4, 0.5) is 5.69 Å². The van der Waals surface area contributed by atoms with E-state index < -0.39 is 0 Å². The van der Waals surface area contributed by atoms with Crippen molar-refractivity contribution in [3.8, 4) is 0 Å². The molecule has 0 saturated carbocycles. The first-order valence-corrected chi connectivity index (χ1v) is 6.73. The van der Waals surface area contributed by atoms with E-state index in [4.69, 9.17) is 0 Å². The van der Waals surface area contributed by atoms with Crippen molar-refractivity contribution in [2.45, 2.75) is 20.4 Å². The highest BCUT2D eigenvalue weighted by Gasteiger charge is 2.07. The lowest BCUT2D eigenvalue weighted by atomic mass is 10.1. The van der Waals surface area contributed by atoms with Gasteiger partial charge in [0.1, 0.15) is 0 Å².